The molecule has 0 saturated carbocycles. The SMILES string of the molecule is O=C(Oc1ccc(Oc2ccccc2)cc1)Oc1ccc(Oc2ccccc2)cc1. The van der Waals surface area contributed by atoms with Gasteiger partial charge >= 0.3 is 6.16 Å². The molecule has 0 heterocycles. The lowest BCUT2D eigenvalue weighted by Gasteiger charge is -2.09. The maximum absolute atomic E-state index is 12.0. The van der Waals surface area contributed by atoms with Crippen LogP contribution in [0.25, 0.3) is 0 Å². The largest absolute Gasteiger partial charge is 0.519 e. The summed E-state index contributed by atoms with van der Waals surface area (Å²) in [6.45, 7) is 0. The van der Waals surface area contributed by atoms with Crippen LogP contribution in [0.1, 0.15) is 0 Å². The van der Waals surface area contributed by atoms with Crippen molar-refractivity contribution >= 4 is 6.16 Å². The molecule has 4 rings (SSSR count). The first kappa shape index (κ1) is 19.1. The van der Waals surface area contributed by atoms with Gasteiger partial charge in [-0.3, -0.25) is 0 Å². The van der Waals surface area contributed by atoms with Crippen molar-refractivity contribution in [3.63, 3.8) is 0 Å². The lowest BCUT2D eigenvalue weighted by atomic mass is 10.3. The van der Waals surface area contributed by atoms with Gasteiger partial charge in [-0.05, 0) is 72.8 Å². The molecule has 4 aromatic carbocycles. The molecule has 0 spiro atoms. The summed E-state index contributed by atoms with van der Waals surface area (Å²) in [7, 11) is 0. The number of benzene rings is 4. The van der Waals surface area contributed by atoms with Crippen molar-refractivity contribution in [1.29, 1.82) is 0 Å². The van der Waals surface area contributed by atoms with E-state index in [0.29, 0.717) is 23.0 Å². The van der Waals surface area contributed by atoms with Crippen molar-refractivity contribution in [2.45, 2.75) is 0 Å². The number of carbonyl (C=O) groups is 1. The van der Waals surface area contributed by atoms with E-state index < -0.39 is 6.16 Å². The average Bonchev–Trinajstić information content (AvgIpc) is 2.78. The molecule has 5 heteroatoms. The molecule has 0 N–H and O–H groups in total. The van der Waals surface area contributed by atoms with Gasteiger partial charge in [0.2, 0.25) is 0 Å². The predicted molar refractivity (Wildman–Crippen MR) is 113 cm³/mol. The minimum Gasteiger partial charge on any atom is -0.457 e. The predicted octanol–water partition coefficient (Wildman–Crippen LogP) is 6.85. The van der Waals surface area contributed by atoms with Crippen LogP contribution in [0.3, 0.4) is 0 Å². The summed E-state index contributed by atoms with van der Waals surface area (Å²) in [6.07, 6.45) is -0.830. The van der Waals surface area contributed by atoms with E-state index in [4.69, 9.17) is 18.9 Å². The quantitative estimate of drug-likeness (QED) is 0.263. The third-order valence-corrected chi connectivity index (χ3v) is 4.01. The molecule has 0 unspecified atom stereocenters. The van der Waals surface area contributed by atoms with Gasteiger partial charge in [0, 0.05) is 0 Å². The van der Waals surface area contributed by atoms with Crippen LogP contribution in [0.15, 0.2) is 109 Å². The smallest absolute Gasteiger partial charge is 0.457 e. The van der Waals surface area contributed by atoms with Crippen molar-refractivity contribution in [3.8, 4) is 34.5 Å². The van der Waals surface area contributed by atoms with Crippen molar-refractivity contribution in [1.82, 2.24) is 0 Å². The lowest BCUT2D eigenvalue weighted by Crippen LogP contribution is -2.13. The molecule has 0 amide bonds. The molecule has 4 aromatic rings. The first-order valence-corrected chi connectivity index (χ1v) is 9.30. The number of hydrogen-bond acceptors (Lipinski definition) is 5. The number of hydrogen-bond donors (Lipinski definition) is 0. The molecule has 0 radical (unpaired) electrons. The van der Waals surface area contributed by atoms with Gasteiger partial charge < -0.3 is 18.9 Å². The van der Waals surface area contributed by atoms with Crippen LogP contribution in [0.5, 0.6) is 34.5 Å². The zero-order chi connectivity index (χ0) is 20.6. The number of carbonyl (C=O) groups excluding carboxylic acids is 1. The highest BCUT2D eigenvalue weighted by Gasteiger charge is 2.09. The summed E-state index contributed by atoms with van der Waals surface area (Å²) in [6, 6.07) is 32.2. The van der Waals surface area contributed by atoms with Crippen molar-refractivity contribution in [2.24, 2.45) is 0 Å². The minimum absolute atomic E-state index is 0.351. The van der Waals surface area contributed by atoms with E-state index in [9.17, 15) is 4.79 Å². The van der Waals surface area contributed by atoms with Crippen molar-refractivity contribution in [2.75, 3.05) is 0 Å². The van der Waals surface area contributed by atoms with Crippen LogP contribution in [-0.4, -0.2) is 6.16 Å². The highest BCUT2D eigenvalue weighted by molar-refractivity contribution is 5.67. The molecular formula is C25H18O5. The highest BCUT2D eigenvalue weighted by atomic mass is 16.7. The van der Waals surface area contributed by atoms with E-state index in [2.05, 4.69) is 0 Å². The highest BCUT2D eigenvalue weighted by Crippen LogP contribution is 2.25. The third kappa shape index (κ3) is 5.39. The van der Waals surface area contributed by atoms with Gasteiger partial charge in [0.1, 0.15) is 34.5 Å². The first-order valence-electron chi connectivity index (χ1n) is 9.30. The van der Waals surface area contributed by atoms with Crippen LogP contribution < -0.4 is 18.9 Å². The zero-order valence-electron chi connectivity index (χ0n) is 15.9. The van der Waals surface area contributed by atoms with Gasteiger partial charge in [0.25, 0.3) is 0 Å². The van der Waals surface area contributed by atoms with Gasteiger partial charge in [0.05, 0.1) is 0 Å². The summed E-state index contributed by atoms with van der Waals surface area (Å²) in [4.78, 5) is 12.0. The standard InChI is InChI=1S/C25H18O5/c26-25(29-23-15-11-21(12-16-23)27-19-7-3-1-4-8-19)30-24-17-13-22(14-18-24)28-20-9-5-2-6-10-20/h1-18H. The Balaban J connectivity index is 1.30. The Hall–Kier alpha value is -4.25. The molecule has 0 aliphatic carbocycles. The third-order valence-electron chi connectivity index (χ3n) is 4.01. The van der Waals surface area contributed by atoms with E-state index in [1.807, 2.05) is 60.7 Å². The summed E-state index contributed by atoms with van der Waals surface area (Å²) < 4.78 is 21.8. The molecule has 5 nitrogen and oxygen atoms in total. The maximum Gasteiger partial charge on any atom is 0.519 e. The van der Waals surface area contributed by atoms with E-state index in [1.54, 1.807) is 48.5 Å². The summed E-state index contributed by atoms with van der Waals surface area (Å²) >= 11 is 0. The van der Waals surface area contributed by atoms with E-state index in [1.165, 1.54) is 0 Å². The molecule has 0 saturated heterocycles. The normalized spacial score (nSPS) is 10.1. The van der Waals surface area contributed by atoms with Crippen LogP contribution in [0, 0.1) is 0 Å². The maximum atomic E-state index is 12.0. The Morgan fingerprint density at radius 3 is 1.07 bits per heavy atom. The molecule has 0 fully saturated rings. The Kier molecular flexibility index (Phi) is 5.91. The van der Waals surface area contributed by atoms with Gasteiger partial charge in [-0.15, -0.1) is 0 Å². The molecular weight excluding hydrogens is 380 g/mol. The van der Waals surface area contributed by atoms with Crippen LogP contribution in [0.2, 0.25) is 0 Å². The zero-order valence-corrected chi connectivity index (χ0v) is 15.9. The Labute approximate surface area is 174 Å². The molecule has 0 aliphatic heterocycles. The van der Waals surface area contributed by atoms with Crippen LogP contribution in [-0.2, 0) is 0 Å². The summed E-state index contributed by atoms with van der Waals surface area (Å²) in [5.74, 6) is 3.43. The topological polar surface area (TPSA) is 54.0 Å². The number of para-hydroxylation sites is 2. The van der Waals surface area contributed by atoms with E-state index in [-0.39, 0.29) is 0 Å². The fraction of sp³-hybridized carbons (Fsp3) is 0. The van der Waals surface area contributed by atoms with Gasteiger partial charge in [-0.2, -0.15) is 0 Å². The Morgan fingerprint density at radius 1 is 0.400 bits per heavy atom. The number of ether oxygens (including phenoxy) is 4. The molecule has 148 valence electrons. The lowest BCUT2D eigenvalue weighted by molar-refractivity contribution is 0.152. The monoisotopic (exact) mass is 398 g/mol. The Morgan fingerprint density at radius 2 is 0.700 bits per heavy atom. The van der Waals surface area contributed by atoms with Crippen molar-refractivity contribution in [3.05, 3.63) is 109 Å². The van der Waals surface area contributed by atoms with E-state index in [0.717, 1.165) is 11.5 Å². The second-order valence-electron chi connectivity index (χ2n) is 6.23. The van der Waals surface area contributed by atoms with Gasteiger partial charge in [-0.1, -0.05) is 36.4 Å². The second kappa shape index (κ2) is 9.30. The summed E-state index contributed by atoms with van der Waals surface area (Å²) in [5.41, 5.74) is 0. The van der Waals surface area contributed by atoms with E-state index >= 15 is 0 Å². The molecule has 30 heavy (non-hydrogen) atoms. The fourth-order valence-electron chi connectivity index (χ4n) is 2.61. The van der Waals surface area contributed by atoms with Crippen molar-refractivity contribution < 1.29 is 23.7 Å². The Bertz CT molecular complexity index is 987. The van der Waals surface area contributed by atoms with Crippen LogP contribution >= 0.6 is 0 Å². The van der Waals surface area contributed by atoms with Gasteiger partial charge in [0.15, 0.2) is 0 Å². The average molecular weight is 398 g/mol. The first-order chi connectivity index (χ1) is 14.7. The summed E-state index contributed by atoms with van der Waals surface area (Å²) in [5, 5.41) is 0. The second-order valence-corrected chi connectivity index (χ2v) is 6.23. The molecule has 0 aliphatic rings. The molecule has 0 bridgehead atoms. The van der Waals surface area contributed by atoms with Crippen LogP contribution in [0.4, 0.5) is 4.79 Å². The number of rotatable bonds is 6. The molecule has 0 atom stereocenters. The minimum atomic E-state index is -0.830. The molecule has 0 aromatic heterocycles. The van der Waals surface area contributed by atoms with Gasteiger partial charge in [-0.25, -0.2) is 4.79 Å². The fourth-order valence-corrected chi connectivity index (χ4v) is 2.61.